The first-order chi connectivity index (χ1) is 7.09. The van der Waals surface area contributed by atoms with Crippen LogP contribution in [0.15, 0.2) is 30.5 Å². The van der Waals surface area contributed by atoms with Gasteiger partial charge in [-0.3, -0.25) is 14.2 Å². The maximum atomic E-state index is 11.2. The third-order valence-electron chi connectivity index (χ3n) is 2.44. The molecule has 2 aromatic rings. The lowest BCUT2D eigenvalue weighted by molar-refractivity contribution is 0.0941. The maximum Gasteiger partial charge on any atom is 0.227 e. The van der Waals surface area contributed by atoms with E-state index in [-0.39, 0.29) is 11.7 Å². The van der Waals surface area contributed by atoms with E-state index in [0.29, 0.717) is 5.56 Å². The minimum Gasteiger partial charge on any atom is -0.295 e. The highest BCUT2D eigenvalue weighted by molar-refractivity contribution is 5.99. The molecule has 76 valence electrons. The van der Waals surface area contributed by atoms with Crippen molar-refractivity contribution in [3.05, 3.63) is 36.0 Å². The van der Waals surface area contributed by atoms with Gasteiger partial charge in [-0.25, -0.2) is 0 Å². The van der Waals surface area contributed by atoms with Crippen LogP contribution in [-0.2, 0) is 0 Å². The third-order valence-corrected chi connectivity index (χ3v) is 2.44. The minimum absolute atomic E-state index is 0.0272. The summed E-state index contributed by atoms with van der Waals surface area (Å²) in [7, 11) is 0. The first kappa shape index (κ1) is 9.65. The number of aromatic nitrogens is 1. The Morgan fingerprint density at radius 1 is 1.13 bits per heavy atom. The van der Waals surface area contributed by atoms with Crippen LogP contribution in [0.3, 0.4) is 0 Å². The summed E-state index contributed by atoms with van der Waals surface area (Å²) in [5, 5.41) is 0.915. The van der Waals surface area contributed by atoms with Gasteiger partial charge in [0.15, 0.2) is 5.78 Å². The highest BCUT2D eigenvalue weighted by atomic mass is 16.1. The SMILES string of the molecule is CC(=O)c1ccc2c(ccn2C(C)=O)c1. The molecule has 3 heteroatoms. The third kappa shape index (κ3) is 1.56. The average Bonchev–Trinajstić information content (AvgIpc) is 2.59. The Hall–Kier alpha value is -1.90. The van der Waals surface area contributed by atoms with Crippen LogP contribution in [0.4, 0.5) is 0 Å². The number of ketones is 1. The van der Waals surface area contributed by atoms with Gasteiger partial charge in [-0.1, -0.05) is 0 Å². The van der Waals surface area contributed by atoms with Gasteiger partial charge in [-0.2, -0.15) is 0 Å². The summed E-state index contributed by atoms with van der Waals surface area (Å²) >= 11 is 0. The summed E-state index contributed by atoms with van der Waals surface area (Å²) in [5.41, 5.74) is 1.51. The quantitative estimate of drug-likeness (QED) is 0.665. The van der Waals surface area contributed by atoms with Crippen molar-refractivity contribution in [2.75, 3.05) is 0 Å². The van der Waals surface area contributed by atoms with Crippen LogP contribution in [-0.4, -0.2) is 16.3 Å². The molecule has 0 unspecified atom stereocenters. The summed E-state index contributed by atoms with van der Waals surface area (Å²) in [6, 6.07) is 7.18. The van der Waals surface area contributed by atoms with E-state index in [2.05, 4.69) is 0 Å². The van der Waals surface area contributed by atoms with Crippen molar-refractivity contribution in [1.82, 2.24) is 4.57 Å². The van der Waals surface area contributed by atoms with Crippen molar-refractivity contribution in [3.8, 4) is 0 Å². The summed E-state index contributed by atoms with van der Waals surface area (Å²) < 4.78 is 1.57. The van der Waals surface area contributed by atoms with Crippen molar-refractivity contribution >= 4 is 22.6 Å². The number of Topliss-reactive ketones (excluding diaryl/α,β-unsaturated/α-hetero) is 1. The Labute approximate surface area is 87.3 Å². The fourth-order valence-electron chi connectivity index (χ4n) is 1.64. The van der Waals surface area contributed by atoms with Crippen LogP contribution < -0.4 is 0 Å². The molecule has 0 radical (unpaired) electrons. The molecule has 0 N–H and O–H groups in total. The number of carbonyl (C=O) groups is 2. The number of benzene rings is 1. The van der Waals surface area contributed by atoms with E-state index in [1.54, 1.807) is 29.0 Å². The minimum atomic E-state index is -0.0272. The lowest BCUT2D eigenvalue weighted by atomic mass is 10.1. The van der Waals surface area contributed by atoms with Gasteiger partial charge in [0.1, 0.15) is 0 Å². The van der Waals surface area contributed by atoms with E-state index in [1.165, 1.54) is 13.8 Å². The molecule has 0 spiro atoms. The molecule has 0 fully saturated rings. The van der Waals surface area contributed by atoms with E-state index < -0.39 is 0 Å². The maximum absolute atomic E-state index is 11.2. The predicted molar refractivity (Wildman–Crippen MR) is 58.2 cm³/mol. The molecule has 0 aliphatic heterocycles. The van der Waals surface area contributed by atoms with Gasteiger partial charge in [-0.05, 0) is 31.2 Å². The summed E-state index contributed by atoms with van der Waals surface area (Å²) in [4.78, 5) is 22.4. The normalized spacial score (nSPS) is 10.5. The van der Waals surface area contributed by atoms with E-state index in [4.69, 9.17) is 0 Å². The van der Waals surface area contributed by atoms with Crippen molar-refractivity contribution < 1.29 is 9.59 Å². The smallest absolute Gasteiger partial charge is 0.227 e. The van der Waals surface area contributed by atoms with Crippen LogP contribution >= 0.6 is 0 Å². The molecule has 0 aliphatic carbocycles. The molecule has 0 saturated heterocycles. The van der Waals surface area contributed by atoms with E-state index >= 15 is 0 Å². The first-order valence-corrected chi connectivity index (χ1v) is 4.72. The van der Waals surface area contributed by atoms with Gasteiger partial charge >= 0.3 is 0 Å². The highest BCUT2D eigenvalue weighted by Gasteiger charge is 2.06. The van der Waals surface area contributed by atoms with Gasteiger partial charge in [0, 0.05) is 24.1 Å². The molecule has 3 nitrogen and oxygen atoms in total. The van der Waals surface area contributed by atoms with Crippen molar-refractivity contribution in [2.24, 2.45) is 0 Å². The van der Waals surface area contributed by atoms with Crippen LogP contribution in [0.5, 0.6) is 0 Å². The second-order valence-corrected chi connectivity index (χ2v) is 3.53. The number of fused-ring (bicyclic) bond motifs is 1. The van der Waals surface area contributed by atoms with Crippen molar-refractivity contribution in [3.63, 3.8) is 0 Å². The molecule has 2 rings (SSSR count). The zero-order chi connectivity index (χ0) is 11.0. The van der Waals surface area contributed by atoms with E-state index in [0.717, 1.165) is 10.9 Å². The lowest BCUT2D eigenvalue weighted by Crippen LogP contribution is -2.03. The van der Waals surface area contributed by atoms with Gasteiger partial charge in [0.2, 0.25) is 5.91 Å². The zero-order valence-electron chi connectivity index (χ0n) is 8.65. The Kier molecular flexibility index (Phi) is 2.15. The molecule has 0 amide bonds. The molecule has 0 atom stereocenters. The lowest BCUT2D eigenvalue weighted by Gasteiger charge is -2.00. The van der Waals surface area contributed by atoms with Gasteiger partial charge < -0.3 is 0 Å². The number of hydrogen-bond donors (Lipinski definition) is 0. The van der Waals surface area contributed by atoms with Gasteiger partial charge in [0.25, 0.3) is 0 Å². The monoisotopic (exact) mass is 201 g/mol. The topological polar surface area (TPSA) is 39.1 Å². The number of rotatable bonds is 1. The van der Waals surface area contributed by atoms with Crippen LogP contribution in [0, 0.1) is 0 Å². The molecule has 1 heterocycles. The summed E-state index contributed by atoms with van der Waals surface area (Å²) in [6.45, 7) is 3.04. The Bertz CT molecular complexity index is 552. The van der Waals surface area contributed by atoms with Crippen molar-refractivity contribution in [2.45, 2.75) is 13.8 Å². The number of hydrogen-bond acceptors (Lipinski definition) is 2. The van der Waals surface area contributed by atoms with Gasteiger partial charge in [0.05, 0.1) is 5.52 Å². The van der Waals surface area contributed by atoms with Crippen molar-refractivity contribution in [1.29, 1.82) is 0 Å². The molecule has 0 bridgehead atoms. The molecule has 0 saturated carbocycles. The summed E-state index contributed by atoms with van der Waals surface area (Å²) in [5.74, 6) is 0.00745. The fraction of sp³-hybridized carbons (Fsp3) is 0.167. The molecule has 0 aliphatic rings. The molecule has 1 aromatic carbocycles. The first-order valence-electron chi connectivity index (χ1n) is 4.72. The standard InChI is InChI=1S/C12H11NO2/c1-8(14)10-3-4-12-11(7-10)5-6-13(12)9(2)15/h3-7H,1-2H3. The molecular weight excluding hydrogens is 190 g/mol. The highest BCUT2D eigenvalue weighted by Crippen LogP contribution is 2.17. The average molecular weight is 201 g/mol. The number of nitrogens with zero attached hydrogens (tertiary/aromatic N) is 1. The Morgan fingerprint density at radius 2 is 1.87 bits per heavy atom. The fourth-order valence-corrected chi connectivity index (χ4v) is 1.64. The summed E-state index contributed by atoms with van der Waals surface area (Å²) in [6.07, 6.45) is 1.72. The van der Waals surface area contributed by atoms with E-state index in [9.17, 15) is 9.59 Å². The largest absolute Gasteiger partial charge is 0.295 e. The second kappa shape index (κ2) is 3.35. The number of carbonyl (C=O) groups excluding carboxylic acids is 2. The van der Waals surface area contributed by atoms with Gasteiger partial charge in [-0.15, -0.1) is 0 Å². The zero-order valence-corrected chi connectivity index (χ0v) is 8.65. The van der Waals surface area contributed by atoms with Crippen LogP contribution in [0.2, 0.25) is 0 Å². The molecular formula is C12H11NO2. The van der Waals surface area contributed by atoms with Crippen LogP contribution in [0.1, 0.15) is 29.0 Å². The Morgan fingerprint density at radius 3 is 2.47 bits per heavy atom. The second-order valence-electron chi connectivity index (χ2n) is 3.53. The van der Waals surface area contributed by atoms with E-state index in [1.807, 2.05) is 6.07 Å². The Balaban J connectivity index is 2.66. The van der Waals surface area contributed by atoms with Crippen LogP contribution in [0.25, 0.3) is 10.9 Å². The molecule has 15 heavy (non-hydrogen) atoms. The molecule has 1 aromatic heterocycles. The predicted octanol–water partition coefficient (Wildman–Crippen LogP) is 2.50.